The molecule has 1 unspecified atom stereocenters. The average Bonchev–Trinajstić information content (AvgIpc) is 3.01. The van der Waals surface area contributed by atoms with E-state index in [9.17, 15) is 4.79 Å². The molecule has 0 radical (unpaired) electrons. The topological polar surface area (TPSA) is 58.4 Å². The first kappa shape index (κ1) is 23.2. The van der Waals surface area contributed by atoms with Gasteiger partial charge in [-0.25, -0.2) is 0 Å². The molecular formula is C18H31Cl2N3O. The molecule has 0 aliphatic carbocycles. The second-order valence-electron chi connectivity index (χ2n) is 6.40. The van der Waals surface area contributed by atoms with Gasteiger partial charge >= 0.3 is 0 Å². The number of hydrogen-bond donors (Lipinski definition) is 2. The number of carbonyl (C=O) groups excluding carboxylic acids is 1. The van der Waals surface area contributed by atoms with Crippen molar-refractivity contribution >= 4 is 30.7 Å². The van der Waals surface area contributed by atoms with Gasteiger partial charge in [0.05, 0.1) is 6.04 Å². The van der Waals surface area contributed by atoms with Gasteiger partial charge in [0.15, 0.2) is 0 Å². The average molecular weight is 376 g/mol. The molecule has 3 N–H and O–H groups in total. The number of nitrogens with two attached hydrogens (primary N) is 1. The summed E-state index contributed by atoms with van der Waals surface area (Å²) in [4.78, 5) is 14.8. The summed E-state index contributed by atoms with van der Waals surface area (Å²) >= 11 is 0. The van der Waals surface area contributed by atoms with Gasteiger partial charge in [-0.3, -0.25) is 9.69 Å². The highest BCUT2D eigenvalue weighted by molar-refractivity contribution is 5.85. The quantitative estimate of drug-likeness (QED) is 0.769. The molecule has 1 atom stereocenters. The summed E-state index contributed by atoms with van der Waals surface area (Å²) < 4.78 is 0. The third-order valence-corrected chi connectivity index (χ3v) is 4.92. The lowest BCUT2D eigenvalue weighted by atomic mass is 9.94. The molecular weight excluding hydrogens is 345 g/mol. The summed E-state index contributed by atoms with van der Waals surface area (Å²) in [5.74, 6) is 0.130. The lowest BCUT2D eigenvalue weighted by molar-refractivity contribution is -0.125. The van der Waals surface area contributed by atoms with E-state index >= 15 is 0 Å². The van der Waals surface area contributed by atoms with Crippen molar-refractivity contribution < 1.29 is 4.79 Å². The minimum atomic E-state index is -0.279. The van der Waals surface area contributed by atoms with Gasteiger partial charge in [-0.1, -0.05) is 44.2 Å². The molecule has 24 heavy (non-hydrogen) atoms. The Bertz CT molecular complexity index is 480. The van der Waals surface area contributed by atoms with Gasteiger partial charge in [-0.05, 0) is 37.8 Å². The Morgan fingerprint density at radius 3 is 2.46 bits per heavy atom. The lowest BCUT2D eigenvalue weighted by Crippen LogP contribution is -2.52. The molecule has 1 aliphatic heterocycles. The van der Waals surface area contributed by atoms with Gasteiger partial charge < -0.3 is 11.1 Å². The predicted molar refractivity (Wildman–Crippen MR) is 105 cm³/mol. The van der Waals surface area contributed by atoms with Gasteiger partial charge in [0.25, 0.3) is 0 Å². The first-order valence-corrected chi connectivity index (χ1v) is 8.42. The molecule has 1 aromatic carbocycles. The van der Waals surface area contributed by atoms with Crippen molar-refractivity contribution in [3.05, 3.63) is 35.9 Å². The van der Waals surface area contributed by atoms with Crippen LogP contribution in [0, 0.1) is 0 Å². The van der Waals surface area contributed by atoms with Crippen molar-refractivity contribution in [2.45, 2.75) is 57.7 Å². The molecule has 1 heterocycles. The number of carbonyl (C=O) groups is 1. The third kappa shape index (κ3) is 6.25. The van der Waals surface area contributed by atoms with Crippen molar-refractivity contribution in [1.29, 1.82) is 0 Å². The Morgan fingerprint density at radius 2 is 1.88 bits per heavy atom. The molecule has 0 bridgehead atoms. The molecule has 0 aromatic heterocycles. The van der Waals surface area contributed by atoms with Crippen molar-refractivity contribution in [3.63, 3.8) is 0 Å². The van der Waals surface area contributed by atoms with E-state index in [4.69, 9.17) is 5.73 Å². The minimum Gasteiger partial charge on any atom is -0.353 e. The van der Waals surface area contributed by atoms with E-state index in [1.807, 2.05) is 18.2 Å². The molecule has 2 rings (SSSR count). The van der Waals surface area contributed by atoms with Crippen molar-refractivity contribution in [2.24, 2.45) is 5.73 Å². The number of amides is 1. The van der Waals surface area contributed by atoms with Gasteiger partial charge in [0.1, 0.15) is 0 Å². The van der Waals surface area contributed by atoms with Crippen LogP contribution in [0.5, 0.6) is 0 Å². The van der Waals surface area contributed by atoms with Crippen LogP contribution >= 0.6 is 24.8 Å². The van der Waals surface area contributed by atoms with Crippen LogP contribution in [-0.4, -0.2) is 35.5 Å². The molecule has 1 saturated heterocycles. The summed E-state index contributed by atoms with van der Waals surface area (Å²) in [6, 6.07) is 10.3. The van der Waals surface area contributed by atoms with E-state index < -0.39 is 0 Å². The second-order valence-corrected chi connectivity index (χ2v) is 6.40. The zero-order valence-electron chi connectivity index (χ0n) is 14.7. The highest BCUT2D eigenvalue weighted by atomic mass is 35.5. The number of benzene rings is 1. The van der Waals surface area contributed by atoms with Crippen LogP contribution in [0.3, 0.4) is 0 Å². The van der Waals surface area contributed by atoms with E-state index in [2.05, 4.69) is 36.2 Å². The number of nitrogens with zero attached hydrogens (tertiary/aromatic N) is 1. The molecule has 1 amide bonds. The molecule has 4 nitrogen and oxygen atoms in total. The smallest absolute Gasteiger partial charge is 0.237 e. The van der Waals surface area contributed by atoms with Crippen LogP contribution < -0.4 is 11.1 Å². The highest BCUT2D eigenvalue weighted by Gasteiger charge is 2.31. The molecule has 1 fully saturated rings. The lowest BCUT2D eigenvalue weighted by Gasteiger charge is -2.29. The molecule has 0 saturated carbocycles. The molecule has 138 valence electrons. The minimum absolute atomic E-state index is 0. The predicted octanol–water partition coefficient (Wildman–Crippen LogP) is 3.13. The van der Waals surface area contributed by atoms with Gasteiger partial charge in [0.2, 0.25) is 5.91 Å². The summed E-state index contributed by atoms with van der Waals surface area (Å²) in [7, 11) is 0. The van der Waals surface area contributed by atoms with Crippen LogP contribution in [-0.2, 0) is 11.3 Å². The van der Waals surface area contributed by atoms with Gasteiger partial charge in [0, 0.05) is 18.6 Å². The first-order chi connectivity index (χ1) is 10.6. The molecule has 0 spiro atoms. The van der Waals surface area contributed by atoms with E-state index in [1.54, 1.807) is 0 Å². The Labute approximate surface area is 158 Å². The number of halogens is 2. The fraction of sp³-hybridized carbons (Fsp3) is 0.611. The zero-order valence-corrected chi connectivity index (χ0v) is 16.3. The van der Waals surface area contributed by atoms with E-state index in [0.717, 1.165) is 38.8 Å². The van der Waals surface area contributed by atoms with Gasteiger partial charge in [-0.15, -0.1) is 24.8 Å². The standard InChI is InChI=1S/C18H29N3O.2ClH/c1-3-18(19,4-2)14-20-17(22)16-11-8-12-21(16)13-15-9-6-5-7-10-15;;/h5-7,9-10,16H,3-4,8,11-14,19H2,1-2H3,(H,20,22);2*1H. The second kappa shape index (κ2) is 10.9. The van der Waals surface area contributed by atoms with Crippen LogP contribution in [0.4, 0.5) is 0 Å². The SMILES string of the molecule is CCC(N)(CC)CNC(=O)C1CCCN1Cc1ccccc1.Cl.Cl. The number of nitrogens with one attached hydrogen (secondary N) is 1. The van der Waals surface area contributed by atoms with Crippen LogP contribution in [0.25, 0.3) is 0 Å². The monoisotopic (exact) mass is 375 g/mol. The maximum Gasteiger partial charge on any atom is 0.237 e. The first-order valence-electron chi connectivity index (χ1n) is 8.42. The van der Waals surface area contributed by atoms with Crippen LogP contribution in [0.1, 0.15) is 45.1 Å². The number of likely N-dealkylation sites (tertiary alicyclic amines) is 1. The summed E-state index contributed by atoms with van der Waals surface area (Å²) in [6.45, 7) is 6.55. The van der Waals surface area contributed by atoms with Gasteiger partial charge in [-0.2, -0.15) is 0 Å². The van der Waals surface area contributed by atoms with E-state index in [1.165, 1.54) is 5.56 Å². The normalized spacial score (nSPS) is 17.7. The Morgan fingerprint density at radius 1 is 1.25 bits per heavy atom. The summed E-state index contributed by atoms with van der Waals surface area (Å²) in [5, 5.41) is 3.08. The van der Waals surface area contributed by atoms with E-state index in [-0.39, 0.29) is 42.3 Å². The van der Waals surface area contributed by atoms with Crippen molar-refractivity contribution in [1.82, 2.24) is 10.2 Å². The fourth-order valence-electron chi connectivity index (χ4n) is 3.01. The third-order valence-electron chi connectivity index (χ3n) is 4.92. The zero-order chi connectivity index (χ0) is 16.0. The molecule has 1 aromatic rings. The summed E-state index contributed by atoms with van der Waals surface area (Å²) in [5.41, 5.74) is 7.26. The highest BCUT2D eigenvalue weighted by Crippen LogP contribution is 2.20. The van der Waals surface area contributed by atoms with Crippen molar-refractivity contribution in [3.8, 4) is 0 Å². The van der Waals surface area contributed by atoms with E-state index in [0.29, 0.717) is 6.54 Å². The Kier molecular flexibility index (Phi) is 10.6. The van der Waals surface area contributed by atoms with Crippen LogP contribution in [0.15, 0.2) is 30.3 Å². The maximum atomic E-state index is 12.5. The molecule has 6 heteroatoms. The largest absolute Gasteiger partial charge is 0.353 e. The fourth-order valence-corrected chi connectivity index (χ4v) is 3.01. The summed E-state index contributed by atoms with van der Waals surface area (Å²) in [6.07, 6.45) is 3.78. The van der Waals surface area contributed by atoms with Crippen LogP contribution in [0.2, 0.25) is 0 Å². The van der Waals surface area contributed by atoms with Crippen molar-refractivity contribution in [2.75, 3.05) is 13.1 Å². The Balaban J connectivity index is 0.00000264. The number of hydrogen-bond acceptors (Lipinski definition) is 3. The Hall–Kier alpha value is -0.810. The maximum absolute atomic E-state index is 12.5. The molecule has 1 aliphatic rings. The number of rotatable bonds is 7.